The van der Waals surface area contributed by atoms with Crippen LogP contribution < -0.4 is 0 Å². The lowest BCUT2D eigenvalue weighted by molar-refractivity contribution is -0.222. The summed E-state index contributed by atoms with van der Waals surface area (Å²) in [5.74, 6) is -3.06. The highest BCUT2D eigenvalue weighted by Crippen LogP contribution is 2.43. The van der Waals surface area contributed by atoms with E-state index in [9.17, 15) is 18.0 Å². The van der Waals surface area contributed by atoms with Gasteiger partial charge in [0.15, 0.2) is 5.57 Å². The van der Waals surface area contributed by atoms with Crippen molar-refractivity contribution < 1.29 is 27.5 Å². The molecular formula is C22H24O6S. The number of hydrogen-bond acceptors (Lipinski definition) is 6. The molecular weight excluding hydrogens is 392 g/mol. The molecule has 0 atom stereocenters. The molecule has 1 aromatic rings. The predicted molar refractivity (Wildman–Crippen MR) is 109 cm³/mol. The maximum Gasteiger partial charge on any atom is 0.349 e. The van der Waals surface area contributed by atoms with Crippen molar-refractivity contribution in [1.82, 2.24) is 0 Å². The van der Waals surface area contributed by atoms with E-state index in [1.165, 1.54) is 26.0 Å². The zero-order chi connectivity index (χ0) is 21.8. The number of carbonyl (C=O) groups is 2. The van der Waals surface area contributed by atoms with Gasteiger partial charge in [-0.15, -0.1) is 0 Å². The van der Waals surface area contributed by atoms with Crippen LogP contribution in [0.5, 0.6) is 0 Å². The minimum atomic E-state index is -3.83. The van der Waals surface area contributed by atoms with Crippen LogP contribution in [0, 0.1) is 12.3 Å². The standard InChI is InChI=1S/C22H24O6S/c1-13-7-9-14(10-8-13)16-11-15(12-17(21(2,3)4)29(16,25)26)18-19(23)27-22(5,6)28-20(18)24/h7-12H,1-6H3. The van der Waals surface area contributed by atoms with Crippen molar-refractivity contribution in [2.24, 2.45) is 5.41 Å². The highest BCUT2D eigenvalue weighted by atomic mass is 32.2. The third-order valence-electron chi connectivity index (χ3n) is 4.60. The molecule has 0 aliphatic carbocycles. The van der Waals surface area contributed by atoms with Crippen molar-refractivity contribution in [2.45, 2.75) is 47.3 Å². The van der Waals surface area contributed by atoms with Crippen LogP contribution in [0.25, 0.3) is 4.91 Å². The smallest absolute Gasteiger partial charge is 0.349 e. The summed E-state index contributed by atoms with van der Waals surface area (Å²) >= 11 is 0. The van der Waals surface area contributed by atoms with Crippen LogP contribution in [0.3, 0.4) is 0 Å². The van der Waals surface area contributed by atoms with E-state index in [2.05, 4.69) is 0 Å². The topological polar surface area (TPSA) is 86.7 Å². The van der Waals surface area contributed by atoms with Crippen molar-refractivity contribution in [1.29, 1.82) is 0 Å². The van der Waals surface area contributed by atoms with Gasteiger partial charge in [-0.1, -0.05) is 50.6 Å². The number of benzene rings is 1. The number of hydrogen-bond donors (Lipinski definition) is 0. The molecule has 1 aromatic carbocycles. The van der Waals surface area contributed by atoms with Crippen LogP contribution in [0.4, 0.5) is 0 Å². The lowest BCUT2D eigenvalue weighted by atomic mass is 9.93. The predicted octanol–water partition coefficient (Wildman–Crippen LogP) is 3.83. The second kappa shape index (κ2) is 6.69. The normalized spacial score (nSPS) is 21.2. The molecule has 154 valence electrons. The second-order valence-corrected chi connectivity index (χ2v) is 10.5. The van der Waals surface area contributed by atoms with E-state index in [4.69, 9.17) is 9.47 Å². The fourth-order valence-electron chi connectivity index (χ4n) is 3.21. The number of rotatable bonds is 1. The van der Waals surface area contributed by atoms with Gasteiger partial charge in [-0.3, -0.25) is 0 Å². The van der Waals surface area contributed by atoms with Gasteiger partial charge in [0.1, 0.15) is 0 Å². The number of carbonyl (C=O) groups excluding carboxylic acids is 2. The Morgan fingerprint density at radius 1 is 0.897 bits per heavy atom. The van der Waals surface area contributed by atoms with Gasteiger partial charge in [-0.05, 0) is 35.6 Å². The van der Waals surface area contributed by atoms with Gasteiger partial charge >= 0.3 is 11.9 Å². The quantitative estimate of drug-likeness (QED) is 0.393. The van der Waals surface area contributed by atoms with Gasteiger partial charge in [-0.2, -0.15) is 0 Å². The SMILES string of the molecule is Cc1ccc(C2=CC(=C3C(=O)OC(C)(C)OC3=O)C=C(C(C)(C)C)S2(=O)=O)cc1. The largest absolute Gasteiger partial charge is 0.419 e. The highest BCUT2D eigenvalue weighted by Gasteiger charge is 2.43. The third kappa shape index (κ3) is 3.92. The Hall–Kier alpha value is -2.67. The molecule has 29 heavy (non-hydrogen) atoms. The fourth-order valence-corrected chi connectivity index (χ4v) is 5.26. The van der Waals surface area contributed by atoms with Crippen LogP contribution in [-0.2, 0) is 28.9 Å². The molecule has 1 fully saturated rings. The number of sulfone groups is 1. The van der Waals surface area contributed by atoms with E-state index >= 15 is 0 Å². The summed E-state index contributed by atoms with van der Waals surface area (Å²) in [7, 11) is -3.83. The summed E-state index contributed by atoms with van der Waals surface area (Å²) < 4.78 is 37.1. The van der Waals surface area contributed by atoms with Gasteiger partial charge in [0.25, 0.3) is 5.79 Å². The van der Waals surface area contributed by atoms with Crippen molar-refractivity contribution >= 4 is 26.7 Å². The van der Waals surface area contributed by atoms with E-state index < -0.39 is 33.0 Å². The molecule has 7 heteroatoms. The Morgan fingerprint density at radius 2 is 1.41 bits per heavy atom. The first-order valence-electron chi connectivity index (χ1n) is 9.19. The van der Waals surface area contributed by atoms with Crippen molar-refractivity contribution in [3.05, 3.63) is 63.6 Å². The number of ether oxygens (including phenoxy) is 2. The molecule has 0 aromatic heterocycles. The molecule has 2 aliphatic heterocycles. The molecule has 1 saturated heterocycles. The molecule has 2 heterocycles. The zero-order valence-electron chi connectivity index (χ0n) is 17.3. The number of aryl methyl sites for hydroxylation is 1. The zero-order valence-corrected chi connectivity index (χ0v) is 18.1. The van der Waals surface area contributed by atoms with E-state index in [0.29, 0.717) is 5.56 Å². The molecule has 2 aliphatic rings. The Balaban J connectivity index is 2.30. The van der Waals surface area contributed by atoms with Crippen LogP contribution in [-0.4, -0.2) is 26.1 Å². The molecule has 0 amide bonds. The minimum Gasteiger partial charge on any atom is -0.419 e. The lowest BCUT2D eigenvalue weighted by Gasteiger charge is -2.32. The maximum absolute atomic E-state index is 13.3. The van der Waals surface area contributed by atoms with Gasteiger partial charge in [-0.25, -0.2) is 18.0 Å². The number of cyclic esters (lactones) is 2. The molecule has 0 spiro atoms. The summed E-state index contributed by atoms with van der Waals surface area (Å²) in [6.07, 6.45) is 2.70. The van der Waals surface area contributed by atoms with Gasteiger partial charge in [0.05, 0.1) is 9.81 Å². The van der Waals surface area contributed by atoms with Crippen LogP contribution in [0.2, 0.25) is 0 Å². The van der Waals surface area contributed by atoms with E-state index in [0.717, 1.165) is 5.56 Å². The molecule has 0 bridgehead atoms. The van der Waals surface area contributed by atoms with Gasteiger partial charge < -0.3 is 9.47 Å². The first-order valence-corrected chi connectivity index (χ1v) is 10.7. The Bertz CT molecular complexity index is 1070. The minimum absolute atomic E-state index is 0.0258. The Kier molecular flexibility index (Phi) is 4.86. The van der Waals surface area contributed by atoms with Crippen molar-refractivity contribution in [3.63, 3.8) is 0 Å². The highest BCUT2D eigenvalue weighted by molar-refractivity contribution is 8.04. The second-order valence-electron chi connectivity index (χ2n) is 8.65. The molecule has 0 unspecified atom stereocenters. The molecule has 0 N–H and O–H groups in total. The summed E-state index contributed by atoms with van der Waals surface area (Å²) in [4.78, 5) is 25.2. The Morgan fingerprint density at radius 3 is 1.90 bits per heavy atom. The molecule has 0 radical (unpaired) electrons. The van der Waals surface area contributed by atoms with Crippen LogP contribution in [0.15, 0.2) is 52.5 Å². The fraction of sp³-hybridized carbons (Fsp3) is 0.364. The first-order chi connectivity index (χ1) is 13.2. The summed E-state index contributed by atoms with van der Waals surface area (Å²) in [5.41, 5.74) is 0.545. The van der Waals surface area contributed by atoms with Crippen molar-refractivity contribution in [2.75, 3.05) is 0 Å². The molecule has 3 rings (SSSR count). The number of allylic oxidation sites excluding steroid dienone is 4. The van der Waals surface area contributed by atoms with Crippen LogP contribution >= 0.6 is 0 Å². The van der Waals surface area contributed by atoms with Crippen molar-refractivity contribution in [3.8, 4) is 0 Å². The van der Waals surface area contributed by atoms with E-state index in [1.54, 1.807) is 45.0 Å². The van der Waals surface area contributed by atoms with Crippen LogP contribution in [0.1, 0.15) is 45.7 Å². The maximum atomic E-state index is 13.3. The summed E-state index contributed by atoms with van der Waals surface area (Å²) in [6.45, 7) is 10.1. The first kappa shape index (κ1) is 21.0. The number of esters is 2. The molecule has 0 saturated carbocycles. The van der Waals surface area contributed by atoms with Gasteiger partial charge in [0, 0.05) is 13.8 Å². The Labute approximate surface area is 170 Å². The van der Waals surface area contributed by atoms with E-state index in [-0.39, 0.29) is 21.0 Å². The monoisotopic (exact) mass is 416 g/mol. The average Bonchev–Trinajstić information content (AvgIpc) is 2.53. The average molecular weight is 416 g/mol. The summed E-state index contributed by atoms with van der Waals surface area (Å²) in [6, 6.07) is 7.01. The third-order valence-corrected chi connectivity index (χ3v) is 6.84. The lowest BCUT2D eigenvalue weighted by Crippen LogP contribution is -2.42. The summed E-state index contributed by atoms with van der Waals surface area (Å²) in [5, 5.41) is 0. The molecule has 6 nitrogen and oxygen atoms in total. The van der Waals surface area contributed by atoms with Gasteiger partial charge in [0.2, 0.25) is 9.84 Å². The van der Waals surface area contributed by atoms with E-state index in [1.807, 2.05) is 6.92 Å².